The topological polar surface area (TPSA) is 50.4 Å². The van der Waals surface area contributed by atoms with Crippen molar-refractivity contribution in [3.63, 3.8) is 0 Å². The molecule has 0 aliphatic heterocycles. The number of hydrogen-bond donors (Lipinski definition) is 2. The Bertz CT molecular complexity index is 459. The number of rotatable bonds is 5. The van der Waals surface area contributed by atoms with Crippen LogP contribution in [0.3, 0.4) is 0 Å². The van der Waals surface area contributed by atoms with E-state index in [2.05, 4.69) is 10.6 Å². The number of anilines is 1. The lowest BCUT2D eigenvalue weighted by Gasteiger charge is -2.22. The predicted octanol–water partition coefficient (Wildman–Crippen LogP) is 2.70. The molecule has 1 fully saturated rings. The van der Waals surface area contributed by atoms with Crippen LogP contribution in [0.4, 0.5) is 10.1 Å². The first-order valence-corrected chi connectivity index (χ1v) is 7.06. The Labute approximate surface area is 118 Å². The highest BCUT2D eigenvalue weighted by Crippen LogP contribution is 2.21. The molecule has 2 rings (SSSR count). The number of ether oxygens (including phenoxy) is 1. The monoisotopic (exact) mass is 280 g/mol. The predicted molar refractivity (Wildman–Crippen MR) is 76.5 cm³/mol. The molecule has 1 aromatic carbocycles. The summed E-state index contributed by atoms with van der Waals surface area (Å²) in [5, 5.41) is 5.79. The Morgan fingerprint density at radius 3 is 2.80 bits per heavy atom. The van der Waals surface area contributed by atoms with Crippen LogP contribution in [0.2, 0.25) is 0 Å². The fourth-order valence-corrected chi connectivity index (χ4v) is 2.47. The molecule has 0 bridgehead atoms. The lowest BCUT2D eigenvalue weighted by molar-refractivity contribution is -0.120. The van der Waals surface area contributed by atoms with Gasteiger partial charge in [0.15, 0.2) is 0 Å². The maximum atomic E-state index is 13.6. The zero-order chi connectivity index (χ0) is 14.4. The number of halogens is 1. The van der Waals surface area contributed by atoms with Gasteiger partial charge in [-0.25, -0.2) is 4.39 Å². The van der Waals surface area contributed by atoms with Crippen molar-refractivity contribution in [2.75, 3.05) is 19.0 Å². The van der Waals surface area contributed by atoms with Gasteiger partial charge in [-0.15, -0.1) is 0 Å². The lowest BCUT2D eigenvalue weighted by atomic mass is 9.95. The molecule has 2 N–H and O–H groups in total. The summed E-state index contributed by atoms with van der Waals surface area (Å²) in [6, 6.07) is 4.68. The number of benzene rings is 1. The molecular weight excluding hydrogens is 259 g/mol. The highest BCUT2D eigenvalue weighted by molar-refractivity contribution is 5.81. The summed E-state index contributed by atoms with van der Waals surface area (Å²) in [5.74, 6) is 0.0666. The number of methoxy groups -OCH3 is 1. The molecule has 1 aromatic rings. The van der Waals surface area contributed by atoms with Crippen LogP contribution >= 0.6 is 0 Å². The van der Waals surface area contributed by atoms with Crippen molar-refractivity contribution in [3.8, 4) is 5.75 Å². The normalized spacial score (nSPS) is 15.7. The first-order valence-electron chi connectivity index (χ1n) is 7.06. The first-order chi connectivity index (χ1) is 9.69. The number of amides is 1. The van der Waals surface area contributed by atoms with Crippen molar-refractivity contribution in [2.24, 2.45) is 0 Å². The number of carbonyl (C=O) groups excluding carboxylic acids is 1. The Hall–Kier alpha value is -1.78. The first kappa shape index (κ1) is 14.6. The highest BCUT2D eigenvalue weighted by Gasteiger charge is 2.15. The zero-order valence-corrected chi connectivity index (χ0v) is 11.7. The molecule has 110 valence electrons. The maximum absolute atomic E-state index is 13.6. The summed E-state index contributed by atoms with van der Waals surface area (Å²) in [6.07, 6.45) is 5.67. The van der Waals surface area contributed by atoms with Crippen LogP contribution in [0, 0.1) is 5.82 Å². The molecule has 0 heterocycles. The van der Waals surface area contributed by atoms with Crippen molar-refractivity contribution in [1.82, 2.24) is 5.32 Å². The van der Waals surface area contributed by atoms with Crippen LogP contribution in [0.15, 0.2) is 18.2 Å². The van der Waals surface area contributed by atoms with Crippen LogP contribution in [-0.2, 0) is 4.79 Å². The van der Waals surface area contributed by atoms with Crippen LogP contribution < -0.4 is 15.4 Å². The smallest absolute Gasteiger partial charge is 0.239 e. The van der Waals surface area contributed by atoms with E-state index in [0.717, 1.165) is 12.8 Å². The average molecular weight is 280 g/mol. The third kappa shape index (κ3) is 4.11. The molecular formula is C15H21FN2O2. The third-order valence-corrected chi connectivity index (χ3v) is 3.58. The summed E-state index contributed by atoms with van der Waals surface area (Å²) in [4.78, 5) is 11.8. The minimum atomic E-state index is -0.392. The molecule has 0 saturated heterocycles. The molecule has 5 heteroatoms. The van der Waals surface area contributed by atoms with Crippen LogP contribution in [0.1, 0.15) is 32.1 Å². The van der Waals surface area contributed by atoms with Gasteiger partial charge in [-0.1, -0.05) is 19.3 Å². The average Bonchev–Trinajstić information content (AvgIpc) is 2.47. The molecule has 0 radical (unpaired) electrons. The fraction of sp³-hybridized carbons (Fsp3) is 0.533. The van der Waals surface area contributed by atoms with E-state index in [0.29, 0.717) is 5.75 Å². The summed E-state index contributed by atoms with van der Waals surface area (Å²) >= 11 is 0. The summed E-state index contributed by atoms with van der Waals surface area (Å²) in [7, 11) is 1.52. The Morgan fingerprint density at radius 2 is 2.10 bits per heavy atom. The molecule has 0 aromatic heterocycles. The molecule has 1 aliphatic carbocycles. The molecule has 1 amide bonds. The van der Waals surface area contributed by atoms with Crippen molar-refractivity contribution in [1.29, 1.82) is 0 Å². The van der Waals surface area contributed by atoms with E-state index in [9.17, 15) is 9.18 Å². The molecule has 0 unspecified atom stereocenters. The van der Waals surface area contributed by atoms with Crippen molar-refractivity contribution >= 4 is 11.6 Å². The number of carbonyl (C=O) groups is 1. The van der Waals surface area contributed by atoms with Gasteiger partial charge >= 0.3 is 0 Å². The third-order valence-electron chi connectivity index (χ3n) is 3.58. The van der Waals surface area contributed by atoms with Gasteiger partial charge in [0.1, 0.15) is 11.6 Å². The van der Waals surface area contributed by atoms with Gasteiger partial charge in [-0.3, -0.25) is 4.79 Å². The number of hydrogen-bond acceptors (Lipinski definition) is 3. The molecule has 1 saturated carbocycles. The van der Waals surface area contributed by atoms with E-state index < -0.39 is 5.82 Å². The summed E-state index contributed by atoms with van der Waals surface area (Å²) < 4.78 is 18.6. The summed E-state index contributed by atoms with van der Waals surface area (Å²) in [5.41, 5.74) is 0.281. The maximum Gasteiger partial charge on any atom is 0.239 e. The van der Waals surface area contributed by atoms with Crippen LogP contribution in [0.25, 0.3) is 0 Å². The van der Waals surface area contributed by atoms with Crippen LogP contribution in [-0.4, -0.2) is 25.6 Å². The van der Waals surface area contributed by atoms with E-state index >= 15 is 0 Å². The van der Waals surface area contributed by atoms with Gasteiger partial charge in [0, 0.05) is 12.1 Å². The fourth-order valence-electron chi connectivity index (χ4n) is 2.47. The van der Waals surface area contributed by atoms with Crippen molar-refractivity contribution < 1.29 is 13.9 Å². The van der Waals surface area contributed by atoms with Crippen molar-refractivity contribution in [2.45, 2.75) is 38.1 Å². The van der Waals surface area contributed by atoms with Gasteiger partial charge < -0.3 is 15.4 Å². The lowest BCUT2D eigenvalue weighted by Crippen LogP contribution is -2.39. The zero-order valence-electron chi connectivity index (χ0n) is 11.7. The van der Waals surface area contributed by atoms with Crippen LogP contribution in [0.5, 0.6) is 5.75 Å². The highest BCUT2D eigenvalue weighted by atomic mass is 19.1. The molecule has 20 heavy (non-hydrogen) atoms. The van der Waals surface area contributed by atoms with E-state index in [1.807, 2.05) is 0 Å². The molecule has 0 atom stereocenters. The molecule has 0 spiro atoms. The minimum Gasteiger partial charge on any atom is -0.497 e. The molecule has 4 nitrogen and oxygen atoms in total. The van der Waals surface area contributed by atoms with E-state index in [1.165, 1.54) is 32.4 Å². The minimum absolute atomic E-state index is 0.0700. The second-order valence-corrected chi connectivity index (χ2v) is 5.10. The Balaban J connectivity index is 1.83. The van der Waals surface area contributed by atoms with Gasteiger partial charge in [0.25, 0.3) is 0 Å². The van der Waals surface area contributed by atoms with Gasteiger partial charge in [0.2, 0.25) is 5.91 Å². The Morgan fingerprint density at radius 1 is 1.35 bits per heavy atom. The van der Waals surface area contributed by atoms with E-state index in [1.54, 1.807) is 12.1 Å². The standard InChI is InChI=1S/C15H21FN2O2/c1-20-12-7-8-13(16)14(9-12)17-10-15(19)18-11-5-3-2-4-6-11/h7-9,11,17H,2-6,10H2,1H3,(H,18,19). The van der Waals surface area contributed by atoms with E-state index in [4.69, 9.17) is 4.74 Å². The van der Waals surface area contributed by atoms with Gasteiger partial charge in [-0.05, 0) is 25.0 Å². The largest absolute Gasteiger partial charge is 0.497 e. The quantitative estimate of drug-likeness (QED) is 0.872. The van der Waals surface area contributed by atoms with Gasteiger partial charge in [0.05, 0.1) is 19.3 Å². The van der Waals surface area contributed by atoms with E-state index in [-0.39, 0.29) is 24.2 Å². The Kier molecular flexibility index (Phi) is 5.21. The second-order valence-electron chi connectivity index (χ2n) is 5.10. The molecule has 1 aliphatic rings. The van der Waals surface area contributed by atoms with Gasteiger partial charge in [-0.2, -0.15) is 0 Å². The SMILES string of the molecule is COc1ccc(F)c(NCC(=O)NC2CCCCC2)c1. The second kappa shape index (κ2) is 7.12. The van der Waals surface area contributed by atoms with Crippen molar-refractivity contribution in [3.05, 3.63) is 24.0 Å². The summed E-state index contributed by atoms with van der Waals surface area (Å²) in [6.45, 7) is 0.0700. The number of nitrogens with one attached hydrogen (secondary N) is 2.